The zero-order chi connectivity index (χ0) is 9.52. The Kier molecular flexibility index (Phi) is 4.91. The molecule has 1 atom stereocenters. The fraction of sp³-hybridized carbons (Fsp3) is 0.818. The molecule has 0 spiro atoms. The Bertz CT molecular complexity index is 153. The molecule has 1 heterocycles. The molecule has 0 aromatic heterocycles. The average Bonchev–Trinajstić information content (AvgIpc) is 2.55. The van der Waals surface area contributed by atoms with Crippen LogP contribution in [-0.2, 0) is 9.47 Å². The first-order valence-corrected chi connectivity index (χ1v) is 5.15. The molecule has 0 aliphatic carbocycles. The van der Waals surface area contributed by atoms with Gasteiger partial charge in [0.15, 0.2) is 0 Å². The molecule has 1 rings (SSSR count). The molecular formula is C11H20O2. The summed E-state index contributed by atoms with van der Waals surface area (Å²) in [6, 6.07) is 0. The molecule has 1 saturated heterocycles. The van der Waals surface area contributed by atoms with Gasteiger partial charge < -0.3 is 9.47 Å². The Labute approximate surface area is 80.9 Å². The lowest BCUT2D eigenvalue weighted by molar-refractivity contribution is 0.0954. The summed E-state index contributed by atoms with van der Waals surface area (Å²) in [7, 11) is 0. The van der Waals surface area contributed by atoms with Gasteiger partial charge in [-0.05, 0) is 45.1 Å². The van der Waals surface area contributed by atoms with Gasteiger partial charge in [0.1, 0.15) is 0 Å². The summed E-state index contributed by atoms with van der Waals surface area (Å²) >= 11 is 0. The second-order valence-electron chi connectivity index (χ2n) is 3.84. The van der Waals surface area contributed by atoms with Crippen LogP contribution in [0.5, 0.6) is 0 Å². The maximum atomic E-state index is 5.51. The highest BCUT2D eigenvalue weighted by Crippen LogP contribution is 2.16. The van der Waals surface area contributed by atoms with Crippen molar-refractivity contribution < 1.29 is 9.47 Å². The number of hydrogen-bond donors (Lipinski definition) is 0. The molecule has 0 bridgehead atoms. The highest BCUT2D eigenvalue weighted by atomic mass is 16.5. The molecule has 1 aliphatic heterocycles. The Morgan fingerprint density at radius 1 is 1.54 bits per heavy atom. The van der Waals surface area contributed by atoms with Crippen LogP contribution in [0, 0.1) is 0 Å². The number of allylic oxidation sites excluding steroid dienone is 1. The highest BCUT2D eigenvalue weighted by Gasteiger charge is 2.14. The Hall–Kier alpha value is -0.500. The Morgan fingerprint density at radius 3 is 3.00 bits per heavy atom. The number of hydrogen-bond acceptors (Lipinski definition) is 2. The largest absolute Gasteiger partial charge is 0.501 e. The molecule has 2 heteroatoms. The monoisotopic (exact) mass is 184 g/mol. The van der Waals surface area contributed by atoms with Gasteiger partial charge in [-0.1, -0.05) is 0 Å². The van der Waals surface area contributed by atoms with Crippen molar-refractivity contribution in [3.05, 3.63) is 11.8 Å². The van der Waals surface area contributed by atoms with E-state index < -0.39 is 0 Å². The third-order valence-corrected chi connectivity index (χ3v) is 2.13. The van der Waals surface area contributed by atoms with E-state index in [9.17, 15) is 0 Å². The topological polar surface area (TPSA) is 18.5 Å². The maximum Gasteiger partial charge on any atom is 0.0874 e. The SMILES string of the molecule is CC(C)=COCCCC1CCCO1. The summed E-state index contributed by atoms with van der Waals surface area (Å²) in [6.45, 7) is 5.87. The molecule has 0 aromatic rings. The van der Waals surface area contributed by atoms with Crippen molar-refractivity contribution in [1.82, 2.24) is 0 Å². The van der Waals surface area contributed by atoms with Crippen LogP contribution < -0.4 is 0 Å². The van der Waals surface area contributed by atoms with Crippen molar-refractivity contribution in [1.29, 1.82) is 0 Å². The van der Waals surface area contributed by atoms with Crippen molar-refractivity contribution in [2.45, 2.75) is 45.6 Å². The van der Waals surface area contributed by atoms with E-state index in [1.165, 1.54) is 18.4 Å². The van der Waals surface area contributed by atoms with E-state index in [-0.39, 0.29) is 0 Å². The molecule has 2 nitrogen and oxygen atoms in total. The van der Waals surface area contributed by atoms with Gasteiger partial charge in [-0.25, -0.2) is 0 Å². The molecule has 76 valence electrons. The highest BCUT2D eigenvalue weighted by molar-refractivity contribution is 4.86. The molecule has 0 saturated carbocycles. The van der Waals surface area contributed by atoms with E-state index in [1.807, 2.05) is 20.1 Å². The fourth-order valence-corrected chi connectivity index (χ4v) is 1.49. The summed E-state index contributed by atoms with van der Waals surface area (Å²) < 4.78 is 10.8. The van der Waals surface area contributed by atoms with Crippen LogP contribution in [0.25, 0.3) is 0 Å². The van der Waals surface area contributed by atoms with Crippen LogP contribution in [-0.4, -0.2) is 19.3 Å². The van der Waals surface area contributed by atoms with Crippen LogP contribution >= 0.6 is 0 Å². The van der Waals surface area contributed by atoms with E-state index in [2.05, 4.69) is 0 Å². The van der Waals surface area contributed by atoms with Gasteiger partial charge in [0.05, 0.1) is 19.0 Å². The van der Waals surface area contributed by atoms with E-state index in [1.54, 1.807) is 0 Å². The standard InChI is InChI=1S/C11H20O2/c1-10(2)9-12-7-3-5-11-6-4-8-13-11/h9,11H,3-8H2,1-2H3. The van der Waals surface area contributed by atoms with Gasteiger partial charge >= 0.3 is 0 Å². The zero-order valence-electron chi connectivity index (χ0n) is 8.71. The summed E-state index contributed by atoms with van der Waals surface area (Å²) in [5.74, 6) is 0. The second-order valence-corrected chi connectivity index (χ2v) is 3.84. The molecule has 13 heavy (non-hydrogen) atoms. The van der Waals surface area contributed by atoms with Crippen molar-refractivity contribution in [2.24, 2.45) is 0 Å². The molecular weight excluding hydrogens is 164 g/mol. The van der Waals surface area contributed by atoms with Crippen molar-refractivity contribution in [2.75, 3.05) is 13.2 Å². The van der Waals surface area contributed by atoms with E-state index >= 15 is 0 Å². The summed E-state index contributed by atoms with van der Waals surface area (Å²) in [5.41, 5.74) is 1.22. The first kappa shape index (κ1) is 10.6. The van der Waals surface area contributed by atoms with Crippen LogP contribution in [0.15, 0.2) is 11.8 Å². The third-order valence-electron chi connectivity index (χ3n) is 2.13. The van der Waals surface area contributed by atoms with Gasteiger partial charge in [-0.15, -0.1) is 0 Å². The van der Waals surface area contributed by atoms with Crippen LogP contribution in [0.1, 0.15) is 39.5 Å². The minimum absolute atomic E-state index is 0.510. The minimum atomic E-state index is 0.510. The summed E-state index contributed by atoms with van der Waals surface area (Å²) in [4.78, 5) is 0. The van der Waals surface area contributed by atoms with Crippen LogP contribution in [0.3, 0.4) is 0 Å². The van der Waals surface area contributed by atoms with Crippen LogP contribution in [0.4, 0.5) is 0 Å². The lowest BCUT2D eigenvalue weighted by Gasteiger charge is -2.08. The fourth-order valence-electron chi connectivity index (χ4n) is 1.49. The van der Waals surface area contributed by atoms with E-state index in [4.69, 9.17) is 9.47 Å². The maximum absolute atomic E-state index is 5.51. The normalized spacial score (nSPS) is 21.5. The summed E-state index contributed by atoms with van der Waals surface area (Å²) in [5, 5.41) is 0. The first-order valence-electron chi connectivity index (χ1n) is 5.15. The molecule has 1 unspecified atom stereocenters. The number of rotatable bonds is 5. The van der Waals surface area contributed by atoms with Crippen LogP contribution in [0.2, 0.25) is 0 Å². The number of ether oxygens (including phenoxy) is 2. The van der Waals surface area contributed by atoms with Gasteiger partial charge in [0, 0.05) is 6.61 Å². The molecule has 1 aliphatic rings. The van der Waals surface area contributed by atoms with E-state index in [0.29, 0.717) is 6.10 Å². The predicted octanol–water partition coefficient (Wildman–Crippen LogP) is 2.89. The lowest BCUT2D eigenvalue weighted by atomic mass is 10.1. The lowest BCUT2D eigenvalue weighted by Crippen LogP contribution is -2.05. The predicted molar refractivity (Wildman–Crippen MR) is 53.6 cm³/mol. The smallest absolute Gasteiger partial charge is 0.0874 e. The molecule has 1 fully saturated rings. The molecule has 0 amide bonds. The second kappa shape index (κ2) is 6.03. The van der Waals surface area contributed by atoms with Gasteiger partial charge in [-0.3, -0.25) is 0 Å². The summed E-state index contributed by atoms with van der Waals surface area (Å²) in [6.07, 6.45) is 7.07. The Morgan fingerprint density at radius 2 is 2.38 bits per heavy atom. The van der Waals surface area contributed by atoms with Gasteiger partial charge in [0.25, 0.3) is 0 Å². The van der Waals surface area contributed by atoms with Gasteiger partial charge in [-0.2, -0.15) is 0 Å². The minimum Gasteiger partial charge on any atom is -0.501 e. The molecule has 0 N–H and O–H groups in total. The molecule has 0 aromatic carbocycles. The third kappa shape index (κ3) is 4.94. The van der Waals surface area contributed by atoms with Crippen molar-refractivity contribution >= 4 is 0 Å². The first-order chi connectivity index (χ1) is 6.29. The Balaban J connectivity index is 1.91. The van der Waals surface area contributed by atoms with Crippen molar-refractivity contribution in [3.8, 4) is 0 Å². The zero-order valence-corrected chi connectivity index (χ0v) is 8.71. The van der Waals surface area contributed by atoms with Crippen molar-refractivity contribution in [3.63, 3.8) is 0 Å². The van der Waals surface area contributed by atoms with E-state index in [0.717, 1.165) is 26.1 Å². The average molecular weight is 184 g/mol. The molecule has 0 radical (unpaired) electrons. The quantitative estimate of drug-likeness (QED) is 0.483. The van der Waals surface area contributed by atoms with Gasteiger partial charge in [0.2, 0.25) is 0 Å².